The van der Waals surface area contributed by atoms with Crippen LogP contribution in [0.5, 0.6) is 5.75 Å². The van der Waals surface area contributed by atoms with Gasteiger partial charge in [0.15, 0.2) is 0 Å². The summed E-state index contributed by atoms with van der Waals surface area (Å²) in [4.78, 5) is 13.1. The van der Waals surface area contributed by atoms with E-state index in [4.69, 9.17) is 10.5 Å². The molecular weight excluding hydrogens is 284 g/mol. The van der Waals surface area contributed by atoms with Gasteiger partial charge in [-0.15, -0.1) is 0 Å². The summed E-state index contributed by atoms with van der Waals surface area (Å²) in [6, 6.07) is 5.70. The number of nitrogens with two attached hydrogens (primary N) is 1. The molecule has 0 spiro atoms. The minimum Gasteiger partial charge on any atom is -0.496 e. The van der Waals surface area contributed by atoms with Crippen LogP contribution in [0.1, 0.15) is 21.7 Å². The van der Waals surface area contributed by atoms with Crippen molar-refractivity contribution in [2.24, 2.45) is 5.73 Å². The third-order valence-electron chi connectivity index (χ3n) is 3.32. The number of rotatable bonds is 3. The largest absolute Gasteiger partial charge is 0.496 e. The Hall–Kier alpha value is -2.03. The molecule has 0 unspecified atom stereocenters. The predicted molar refractivity (Wildman–Crippen MR) is 86.1 cm³/mol. The van der Waals surface area contributed by atoms with Gasteiger partial charge < -0.3 is 10.5 Å². The SMILES string of the molecule is COc1ccc(C#CCN)cc1Cn1c(C)c(C)sc1=O. The molecule has 1 aromatic carbocycles. The number of ether oxygens (including phenoxy) is 1. The quantitative estimate of drug-likeness (QED) is 0.881. The Labute approximate surface area is 128 Å². The van der Waals surface area contributed by atoms with Gasteiger partial charge in [0.25, 0.3) is 0 Å². The van der Waals surface area contributed by atoms with Gasteiger partial charge in [-0.3, -0.25) is 9.36 Å². The van der Waals surface area contributed by atoms with Gasteiger partial charge in [0, 0.05) is 21.7 Å². The number of thiazole rings is 1. The van der Waals surface area contributed by atoms with Gasteiger partial charge in [0.1, 0.15) is 5.75 Å². The lowest BCUT2D eigenvalue weighted by atomic mass is 10.1. The predicted octanol–water partition coefficient (Wildman–Crippen LogP) is 1.89. The van der Waals surface area contributed by atoms with Gasteiger partial charge in [-0.2, -0.15) is 0 Å². The highest BCUT2D eigenvalue weighted by molar-refractivity contribution is 7.09. The van der Waals surface area contributed by atoms with Crippen molar-refractivity contribution in [3.8, 4) is 17.6 Å². The molecule has 0 saturated carbocycles. The highest BCUT2D eigenvalue weighted by Gasteiger charge is 2.11. The molecule has 0 saturated heterocycles. The molecule has 110 valence electrons. The van der Waals surface area contributed by atoms with Crippen molar-refractivity contribution < 1.29 is 4.74 Å². The van der Waals surface area contributed by atoms with Crippen LogP contribution in [0.15, 0.2) is 23.0 Å². The second kappa shape index (κ2) is 6.61. The molecule has 0 aliphatic carbocycles. The average Bonchev–Trinajstić information content (AvgIpc) is 2.72. The Morgan fingerprint density at radius 3 is 2.71 bits per heavy atom. The van der Waals surface area contributed by atoms with Crippen LogP contribution in [0.3, 0.4) is 0 Å². The topological polar surface area (TPSA) is 57.2 Å². The Bertz CT molecular complexity index is 763. The van der Waals surface area contributed by atoms with E-state index in [1.807, 2.05) is 32.0 Å². The maximum Gasteiger partial charge on any atom is 0.307 e. The molecule has 1 heterocycles. The molecule has 0 aliphatic rings. The lowest BCUT2D eigenvalue weighted by Gasteiger charge is -2.11. The van der Waals surface area contributed by atoms with Crippen LogP contribution < -0.4 is 15.3 Å². The third-order valence-corrected chi connectivity index (χ3v) is 4.32. The van der Waals surface area contributed by atoms with Crippen molar-refractivity contribution in [2.75, 3.05) is 13.7 Å². The minimum atomic E-state index is 0.0468. The number of nitrogens with zero attached hydrogens (tertiary/aromatic N) is 1. The number of benzene rings is 1. The first kappa shape index (κ1) is 15.4. The average molecular weight is 302 g/mol. The van der Waals surface area contributed by atoms with Crippen molar-refractivity contribution in [3.05, 3.63) is 49.6 Å². The molecule has 2 aromatic rings. The normalized spacial score (nSPS) is 10.1. The van der Waals surface area contributed by atoms with E-state index in [-0.39, 0.29) is 4.87 Å². The first-order chi connectivity index (χ1) is 10.1. The first-order valence-electron chi connectivity index (χ1n) is 6.59. The zero-order valence-corrected chi connectivity index (χ0v) is 13.2. The summed E-state index contributed by atoms with van der Waals surface area (Å²) in [6.07, 6.45) is 0. The monoisotopic (exact) mass is 302 g/mol. The zero-order chi connectivity index (χ0) is 15.4. The fourth-order valence-electron chi connectivity index (χ4n) is 2.07. The number of methoxy groups -OCH3 is 1. The Morgan fingerprint density at radius 2 is 2.14 bits per heavy atom. The smallest absolute Gasteiger partial charge is 0.307 e. The number of aryl methyl sites for hydroxylation is 1. The number of hydrogen-bond donors (Lipinski definition) is 1. The summed E-state index contributed by atoms with van der Waals surface area (Å²) in [7, 11) is 1.62. The highest BCUT2D eigenvalue weighted by atomic mass is 32.1. The van der Waals surface area contributed by atoms with Crippen LogP contribution in [0, 0.1) is 25.7 Å². The van der Waals surface area contributed by atoms with E-state index in [9.17, 15) is 4.79 Å². The van der Waals surface area contributed by atoms with Gasteiger partial charge in [-0.05, 0) is 32.0 Å². The summed E-state index contributed by atoms with van der Waals surface area (Å²) in [5, 5.41) is 0. The lowest BCUT2D eigenvalue weighted by Crippen LogP contribution is -2.16. The van der Waals surface area contributed by atoms with Crippen molar-refractivity contribution in [3.63, 3.8) is 0 Å². The second-order valence-electron chi connectivity index (χ2n) is 4.63. The molecule has 4 nitrogen and oxygen atoms in total. The zero-order valence-electron chi connectivity index (χ0n) is 12.4. The fourth-order valence-corrected chi connectivity index (χ4v) is 2.90. The second-order valence-corrected chi connectivity index (χ2v) is 5.79. The number of hydrogen-bond acceptors (Lipinski definition) is 4. The summed E-state index contributed by atoms with van der Waals surface area (Å²) in [5.74, 6) is 6.58. The van der Waals surface area contributed by atoms with Crippen molar-refractivity contribution in [1.29, 1.82) is 0 Å². The van der Waals surface area contributed by atoms with E-state index in [1.165, 1.54) is 11.3 Å². The van der Waals surface area contributed by atoms with Crippen LogP contribution in [0.25, 0.3) is 0 Å². The molecule has 0 aliphatic heterocycles. The molecule has 21 heavy (non-hydrogen) atoms. The summed E-state index contributed by atoms with van der Waals surface area (Å²) >= 11 is 1.27. The molecule has 5 heteroatoms. The van der Waals surface area contributed by atoms with Crippen molar-refractivity contribution in [2.45, 2.75) is 20.4 Å². The first-order valence-corrected chi connectivity index (χ1v) is 7.41. The Kier molecular flexibility index (Phi) is 4.84. The molecular formula is C16H18N2O2S. The Balaban J connectivity index is 2.44. The van der Waals surface area contributed by atoms with E-state index >= 15 is 0 Å². The van der Waals surface area contributed by atoms with Crippen LogP contribution in [-0.2, 0) is 6.54 Å². The molecule has 2 N–H and O–H groups in total. The van der Waals surface area contributed by atoms with E-state index in [1.54, 1.807) is 11.7 Å². The number of aromatic nitrogens is 1. The molecule has 1 aromatic heterocycles. The van der Waals surface area contributed by atoms with Gasteiger partial charge in [-0.25, -0.2) is 0 Å². The molecule has 0 atom stereocenters. The summed E-state index contributed by atoms with van der Waals surface area (Å²) in [6.45, 7) is 4.72. The van der Waals surface area contributed by atoms with Crippen LogP contribution in [0.2, 0.25) is 0 Å². The van der Waals surface area contributed by atoms with E-state index < -0.39 is 0 Å². The van der Waals surface area contributed by atoms with Gasteiger partial charge in [0.05, 0.1) is 20.2 Å². The molecule has 0 fully saturated rings. The maximum atomic E-state index is 12.0. The maximum absolute atomic E-state index is 12.0. The molecule has 0 bridgehead atoms. The van der Waals surface area contributed by atoms with Crippen molar-refractivity contribution >= 4 is 11.3 Å². The van der Waals surface area contributed by atoms with E-state index in [0.29, 0.717) is 13.1 Å². The minimum absolute atomic E-state index is 0.0468. The van der Waals surface area contributed by atoms with E-state index in [0.717, 1.165) is 27.4 Å². The Morgan fingerprint density at radius 1 is 1.38 bits per heavy atom. The standard InChI is InChI=1S/C16H18N2O2S/c1-11-12(2)21-16(19)18(11)10-14-9-13(5-4-8-17)6-7-15(14)20-3/h6-7,9H,8,10,17H2,1-3H3. The highest BCUT2D eigenvalue weighted by Crippen LogP contribution is 2.22. The summed E-state index contributed by atoms with van der Waals surface area (Å²) in [5.41, 5.74) is 8.19. The lowest BCUT2D eigenvalue weighted by molar-refractivity contribution is 0.408. The van der Waals surface area contributed by atoms with Crippen LogP contribution in [0.4, 0.5) is 0 Å². The van der Waals surface area contributed by atoms with E-state index in [2.05, 4.69) is 11.8 Å². The summed E-state index contributed by atoms with van der Waals surface area (Å²) < 4.78 is 7.14. The van der Waals surface area contributed by atoms with Gasteiger partial charge >= 0.3 is 4.87 Å². The molecule has 2 rings (SSSR count). The van der Waals surface area contributed by atoms with Gasteiger partial charge in [0.2, 0.25) is 0 Å². The van der Waals surface area contributed by atoms with Crippen LogP contribution >= 0.6 is 11.3 Å². The molecule has 0 amide bonds. The van der Waals surface area contributed by atoms with Gasteiger partial charge in [-0.1, -0.05) is 23.2 Å². The molecule has 0 radical (unpaired) electrons. The van der Waals surface area contributed by atoms with Crippen LogP contribution in [-0.4, -0.2) is 18.2 Å². The van der Waals surface area contributed by atoms with Crippen molar-refractivity contribution in [1.82, 2.24) is 4.57 Å². The third kappa shape index (κ3) is 3.35. The fraction of sp³-hybridized carbons (Fsp3) is 0.312.